The second kappa shape index (κ2) is 13.5. The molecule has 0 amide bonds. The smallest absolute Gasteiger partial charge is 0.323 e. The first-order chi connectivity index (χ1) is 16.6. The van der Waals surface area contributed by atoms with Gasteiger partial charge in [-0.3, -0.25) is 4.79 Å². The Morgan fingerprint density at radius 2 is 1.71 bits per heavy atom. The Kier molecular flexibility index (Phi) is 11.0. The molecule has 0 aliphatic rings. The van der Waals surface area contributed by atoms with Gasteiger partial charge in [-0.1, -0.05) is 29.3 Å². The van der Waals surface area contributed by atoms with Crippen LogP contribution in [0.2, 0.25) is 5.02 Å². The Balaban J connectivity index is 1.87. The van der Waals surface area contributed by atoms with Crippen LogP contribution in [-0.4, -0.2) is 53.4 Å². The molecule has 192 valence electrons. The molecule has 0 fully saturated rings. The number of carbonyl (C=O) groups excluding carboxylic acids is 1. The zero-order valence-corrected chi connectivity index (χ0v) is 22.4. The first-order valence-electron chi connectivity index (χ1n) is 10.7. The maximum Gasteiger partial charge on any atom is 0.323 e. The molecule has 0 saturated carbocycles. The molecular weight excluding hydrogens is 514 g/mol. The molecule has 2 aromatic rings. The van der Waals surface area contributed by atoms with E-state index in [4.69, 9.17) is 38.0 Å². The molecule has 1 atom stereocenters. The van der Waals surface area contributed by atoms with E-state index in [1.54, 1.807) is 24.3 Å². The molecule has 0 aliphatic heterocycles. The third-order valence-electron chi connectivity index (χ3n) is 5.04. The van der Waals surface area contributed by atoms with Crippen LogP contribution in [0.3, 0.4) is 0 Å². The molecule has 35 heavy (non-hydrogen) atoms. The monoisotopic (exact) mass is 543 g/mol. The number of ether oxygens (including phenoxy) is 3. The number of hydrogen-bond acceptors (Lipinski definition) is 7. The Morgan fingerprint density at radius 3 is 2.31 bits per heavy atom. The number of benzene rings is 2. The molecule has 0 aliphatic carbocycles. The lowest BCUT2D eigenvalue weighted by atomic mass is 10.1. The molecule has 0 bridgehead atoms. The lowest BCUT2D eigenvalue weighted by Gasteiger charge is -2.17. The standard InChI is InChI=1S/C23H30ClN3O6S2/c1-15-8-10-16(11-9-15)35(29,30)27-18(22(28)33-4)7-5-6-12-25-23(34)26-19-14-20(31-2)17(24)13-21(19)32-3/h8-11,13-14,18,27H,5-7,12H2,1-4H3,(H2,25,26,34). The first-order valence-corrected chi connectivity index (χ1v) is 13.0. The molecule has 3 N–H and O–H groups in total. The summed E-state index contributed by atoms with van der Waals surface area (Å²) < 4.78 is 43.1. The second-order valence-electron chi connectivity index (χ2n) is 7.57. The van der Waals surface area contributed by atoms with Gasteiger partial charge in [-0.15, -0.1) is 0 Å². The van der Waals surface area contributed by atoms with Crippen molar-refractivity contribution in [3.63, 3.8) is 0 Å². The summed E-state index contributed by atoms with van der Waals surface area (Å²) in [5.41, 5.74) is 1.52. The average molecular weight is 544 g/mol. The van der Waals surface area contributed by atoms with E-state index >= 15 is 0 Å². The van der Waals surface area contributed by atoms with E-state index in [0.717, 1.165) is 5.56 Å². The zero-order chi connectivity index (χ0) is 26.0. The predicted molar refractivity (Wildman–Crippen MR) is 140 cm³/mol. The number of carbonyl (C=O) groups is 1. The fourth-order valence-corrected chi connectivity index (χ4v) is 4.80. The highest BCUT2D eigenvalue weighted by molar-refractivity contribution is 7.89. The SMILES string of the molecule is COC(=O)C(CCCCNC(=S)Nc1cc(OC)c(Cl)cc1OC)NS(=O)(=O)c1ccc(C)cc1. The highest BCUT2D eigenvalue weighted by Gasteiger charge is 2.26. The fourth-order valence-electron chi connectivity index (χ4n) is 3.14. The molecule has 0 aromatic heterocycles. The van der Waals surface area contributed by atoms with E-state index in [9.17, 15) is 13.2 Å². The van der Waals surface area contributed by atoms with Gasteiger partial charge in [0, 0.05) is 18.7 Å². The van der Waals surface area contributed by atoms with Gasteiger partial charge in [0.25, 0.3) is 0 Å². The predicted octanol–water partition coefficient (Wildman–Crippen LogP) is 3.64. The number of nitrogens with one attached hydrogen (secondary N) is 3. The molecule has 2 aromatic carbocycles. The Labute approximate surface area is 216 Å². The van der Waals surface area contributed by atoms with Gasteiger partial charge in [0.1, 0.15) is 17.5 Å². The van der Waals surface area contributed by atoms with Gasteiger partial charge in [-0.25, -0.2) is 8.42 Å². The number of esters is 1. The summed E-state index contributed by atoms with van der Waals surface area (Å²) in [4.78, 5) is 12.2. The minimum Gasteiger partial charge on any atom is -0.495 e. The van der Waals surface area contributed by atoms with Crippen molar-refractivity contribution in [3.8, 4) is 11.5 Å². The van der Waals surface area contributed by atoms with E-state index in [2.05, 4.69) is 15.4 Å². The van der Waals surface area contributed by atoms with Gasteiger partial charge in [0.05, 0.1) is 36.9 Å². The van der Waals surface area contributed by atoms with Crippen LogP contribution in [0.15, 0.2) is 41.3 Å². The Hall–Kier alpha value is -2.60. The topological polar surface area (TPSA) is 115 Å². The van der Waals surface area contributed by atoms with Crippen molar-refractivity contribution < 1.29 is 27.4 Å². The fraction of sp³-hybridized carbons (Fsp3) is 0.391. The van der Waals surface area contributed by atoms with E-state index < -0.39 is 22.0 Å². The summed E-state index contributed by atoms with van der Waals surface area (Å²) in [7, 11) is 0.386. The third kappa shape index (κ3) is 8.53. The molecule has 1 unspecified atom stereocenters. The zero-order valence-electron chi connectivity index (χ0n) is 20.0. The van der Waals surface area contributed by atoms with Crippen LogP contribution in [-0.2, 0) is 19.6 Å². The van der Waals surface area contributed by atoms with E-state index in [1.807, 2.05) is 6.92 Å². The number of aryl methyl sites for hydroxylation is 1. The molecule has 12 heteroatoms. The van der Waals surface area contributed by atoms with E-state index in [-0.39, 0.29) is 11.3 Å². The molecule has 2 rings (SSSR count). The summed E-state index contributed by atoms with van der Waals surface area (Å²) in [6, 6.07) is 8.68. The van der Waals surface area contributed by atoms with Crippen LogP contribution < -0.4 is 24.8 Å². The van der Waals surface area contributed by atoms with Crippen molar-refractivity contribution in [2.75, 3.05) is 33.2 Å². The maximum absolute atomic E-state index is 12.7. The van der Waals surface area contributed by atoms with Crippen molar-refractivity contribution >= 4 is 50.6 Å². The lowest BCUT2D eigenvalue weighted by molar-refractivity contribution is -0.142. The summed E-state index contributed by atoms with van der Waals surface area (Å²) in [6.45, 7) is 2.36. The van der Waals surface area contributed by atoms with E-state index in [1.165, 1.54) is 33.5 Å². The van der Waals surface area contributed by atoms with Crippen molar-refractivity contribution in [2.24, 2.45) is 0 Å². The van der Waals surface area contributed by atoms with Crippen LogP contribution in [0.1, 0.15) is 24.8 Å². The van der Waals surface area contributed by atoms with Gasteiger partial charge < -0.3 is 24.8 Å². The van der Waals surface area contributed by atoms with E-state index in [0.29, 0.717) is 46.7 Å². The number of anilines is 1. The van der Waals surface area contributed by atoms with Crippen molar-refractivity contribution in [1.82, 2.24) is 10.0 Å². The third-order valence-corrected chi connectivity index (χ3v) is 7.07. The van der Waals surface area contributed by atoms with Crippen LogP contribution in [0.5, 0.6) is 11.5 Å². The van der Waals surface area contributed by atoms with Crippen molar-refractivity contribution in [2.45, 2.75) is 37.1 Å². The average Bonchev–Trinajstić information content (AvgIpc) is 2.83. The molecule has 0 radical (unpaired) electrons. The molecule has 9 nitrogen and oxygen atoms in total. The quantitative estimate of drug-likeness (QED) is 0.209. The number of halogens is 1. The van der Waals surface area contributed by atoms with Crippen molar-refractivity contribution in [1.29, 1.82) is 0 Å². The number of unbranched alkanes of at least 4 members (excludes halogenated alkanes) is 1. The summed E-state index contributed by atoms with van der Waals surface area (Å²) in [5.74, 6) is 0.330. The van der Waals surface area contributed by atoms with Crippen molar-refractivity contribution in [3.05, 3.63) is 47.0 Å². The van der Waals surface area contributed by atoms with Crippen LogP contribution >= 0.6 is 23.8 Å². The Morgan fingerprint density at radius 1 is 1.06 bits per heavy atom. The summed E-state index contributed by atoms with van der Waals surface area (Å²) in [5, 5.41) is 6.87. The lowest BCUT2D eigenvalue weighted by Crippen LogP contribution is -2.41. The summed E-state index contributed by atoms with van der Waals surface area (Å²) in [6.07, 6.45) is 1.44. The van der Waals surface area contributed by atoms with Crippen LogP contribution in [0, 0.1) is 6.92 Å². The molecule has 0 heterocycles. The highest BCUT2D eigenvalue weighted by atomic mass is 35.5. The number of hydrogen-bond donors (Lipinski definition) is 3. The number of rotatable bonds is 12. The highest BCUT2D eigenvalue weighted by Crippen LogP contribution is 2.35. The van der Waals surface area contributed by atoms with Crippen LogP contribution in [0.4, 0.5) is 5.69 Å². The summed E-state index contributed by atoms with van der Waals surface area (Å²) >= 11 is 11.5. The molecule has 0 spiro atoms. The first kappa shape index (κ1) is 28.6. The van der Waals surface area contributed by atoms with Gasteiger partial charge >= 0.3 is 5.97 Å². The molecular formula is C23H30ClN3O6S2. The van der Waals surface area contributed by atoms with Gasteiger partial charge in [-0.2, -0.15) is 4.72 Å². The minimum atomic E-state index is -3.87. The van der Waals surface area contributed by atoms with Gasteiger partial charge in [-0.05, 0) is 50.5 Å². The van der Waals surface area contributed by atoms with Gasteiger partial charge in [0.15, 0.2) is 5.11 Å². The minimum absolute atomic E-state index is 0.0874. The Bertz CT molecular complexity index is 1130. The van der Waals surface area contributed by atoms with Crippen LogP contribution in [0.25, 0.3) is 0 Å². The number of thiocarbonyl (C=S) groups is 1. The molecule has 0 saturated heterocycles. The normalized spacial score (nSPS) is 11.9. The number of methoxy groups -OCH3 is 3. The second-order valence-corrected chi connectivity index (χ2v) is 10.1. The maximum atomic E-state index is 12.7. The largest absolute Gasteiger partial charge is 0.495 e. The number of sulfonamides is 1. The van der Waals surface area contributed by atoms with Gasteiger partial charge in [0.2, 0.25) is 10.0 Å².